The minimum atomic E-state index is -3.50. The zero-order valence-corrected chi connectivity index (χ0v) is 12.7. The number of rotatable bonds is 5. The number of pyridine rings is 1. The summed E-state index contributed by atoms with van der Waals surface area (Å²) in [4.78, 5) is 8.47. The number of sulfonamides is 1. The van der Waals surface area contributed by atoms with Crippen molar-refractivity contribution in [2.75, 3.05) is 6.54 Å². The average molecular weight is 319 g/mol. The maximum absolute atomic E-state index is 12.0. The standard InChI is InChI=1S/C14H13N3O2S2/c18-21(19,11-4-3-8-15-10-11)16-9-7-14-17-12-5-1-2-6-13(12)20-14/h1-6,8,10,16H,7,9H2. The first-order valence-electron chi connectivity index (χ1n) is 6.39. The number of nitrogens with zero attached hydrogens (tertiary/aromatic N) is 2. The molecular formula is C14H13N3O2S2. The van der Waals surface area contributed by atoms with Gasteiger partial charge in [0.25, 0.3) is 0 Å². The Morgan fingerprint density at radius 2 is 2.00 bits per heavy atom. The van der Waals surface area contributed by atoms with Gasteiger partial charge in [0.15, 0.2) is 0 Å². The van der Waals surface area contributed by atoms with Crippen molar-refractivity contribution < 1.29 is 8.42 Å². The number of hydrogen-bond acceptors (Lipinski definition) is 5. The lowest BCUT2D eigenvalue weighted by Gasteiger charge is -2.04. The minimum absolute atomic E-state index is 0.175. The van der Waals surface area contributed by atoms with Crippen molar-refractivity contribution in [3.05, 3.63) is 53.8 Å². The van der Waals surface area contributed by atoms with Gasteiger partial charge in [-0.2, -0.15) is 0 Å². The molecule has 21 heavy (non-hydrogen) atoms. The van der Waals surface area contributed by atoms with E-state index in [1.165, 1.54) is 12.3 Å². The molecule has 5 nitrogen and oxygen atoms in total. The van der Waals surface area contributed by atoms with Gasteiger partial charge in [0.1, 0.15) is 4.90 Å². The van der Waals surface area contributed by atoms with Crippen LogP contribution in [0.1, 0.15) is 5.01 Å². The first-order chi connectivity index (χ1) is 10.1. The van der Waals surface area contributed by atoms with E-state index in [1.807, 2.05) is 24.3 Å². The molecule has 0 aliphatic rings. The molecule has 0 radical (unpaired) electrons. The Bertz CT molecular complexity index is 812. The van der Waals surface area contributed by atoms with Crippen molar-refractivity contribution in [2.45, 2.75) is 11.3 Å². The maximum atomic E-state index is 12.0. The number of nitrogens with one attached hydrogen (secondary N) is 1. The van der Waals surface area contributed by atoms with Crippen LogP contribution in [0.3, 0.4) is 0 Å². The molecule has 2 heterocycles. The molecule has 3 aromatic rings. The Kier molecular flexibility index (Phi) is 3.96. The van der Waals surface area contributed by atoms with Crippen LogP contribution >= 0.6 is 11.3 Å². The number of fused-ring (bicyclic) bond motifs is 1. The molecule has 1 N–H and O–H groups in total. The van der Waals surface area contributed by atoms with E-state index in [0.29, 0.717) is 13.0 Å². The summed E-state index contributed by atoms with van der Waals surface area (Å²) in [5.74, 6) is 0. The van der Waals surface area contributed by atoms with E-state index in [4.69, 9.17) is 0 Å². The van der Waals surface area contributed by atoms with E-state index in [-0.39, 0.29) is 4.90 Å². The molecule has 108 valence electrons. The van der Waals surface area contributed by atoms with Gasteiger partial charge in [-0.25, -0.2) is 18.1 Å². The summed E-state index contributed by atoms with van der Waals surface area (Å²) in [5, 5.41) is 0.921. The van der Waals surface area contributed by atoms with Crippen molar-refractivity contribution in [1.82, 2.24) is 14.7 Å². The molecule has 0 saturated heterocycles. The van der Waals surface area contributed by atoms with Gasteiger partial charge < -0.3 is 0 Å². The van der Waals surface area contributed by atoms with Crippen LogP contribution < -0.4 is 4.72 Å². The second kappa shape index (κ2) is 5.88. The van der Waals surface area contributed by atoms with Crippen LogP contribution in [-0.2, 0) is 16.4 Å². The molecule has 7 heteroatoms. The van der Waals surface area contributed by atoms with Crippen molar-refractivity contribution in [1.29, 1.82) is 0 Å². The second-order valence-corrected chi connectivity index (χ2v) is 7.29. The Labute approximate surface area is 126 Å². The molecule has 0 atom stereocenters. The minimum Gasteiger partial charge on any atom is -0.263 e. The van der Waals surface area contributed by atoms with Gasteiger partial charge in [-0.05, 0) is 24.3 Å². The van der Waals surface area contributed by atoms with E-state index in [9.17, 15) is 8.42 Å². The third kappa shape index (κ3) is 3.26. The summed E-state index contributed by atoms with van der Waals surface area (Å²) in [6.07, 6.45) is 3.44. The fourth-order valence-corrected chi connectivity index (χ4v) is 3.87. The van der Waals surface area contributed by atoms with Crippen molar-refractivity contribution in [2.24, 2.45) is 0 Å². The van der Waals surface area contributed by atoms with Crippen LogP contribution in [0.15, 0.2) is 53.7 Å². The van der Waals surface area contributed by atoms with Gasteiger partial charge >= 0.3 is 0 Å². The summed E-state index contributed by atoms with van der Waals surface area (Å²) >= 11 is 1.59. The van der Waals surface area contributed by atoms with Gasteiger partial charge in [-0.15, -0.1) is 11.3 Å². The Morgan fingerprint density at radius 3 is 2.76 bits per heavy atom. The highest BCUT2D eigenvalue weighted by Crippen LogP contribution is 2.21. The summed E-state index contributed by atoms with van der Waals surface area (Å²) in [5.41, 5.74) is 0.951. The van der Waals surface area contributed by atoms with Crippen LogP contribution in [-0.4, -0.2) is 24.9 Å². The van der Waals surface area contributed by atoms with E-state index in [2.05, 4.69) is 14.7 Å². The lowest BCUT2D eigenvalue weighted by molar-refractivity contribution is 0.581. The lowest BCUT2D eigenvalue weighted by atomic mass is 10.3. The van der Waals surface area contributed by atoms with E-state index >= 15 is 0 Å². The average Bonchev–Trinajstić information content (AvgIpc) is 2.90. The monoisotopic (exact) mass is 319 g/mol. The maximum Gasteiger partial charge on any atom is 0.242 e. The van der Waals surface area contributed by atoms with Gasteiger partial charge in [0.2, 0.25) is 10.0 Å². The highest BCUT2D eigenvalue weighted by molar-refractivity contribution is 7.89. The number of thiazole rings is 1. The highest BCUT2D eigenvalue weighted by Gasteiger charge is 2.13. The molecule has 0 aliphatic heterocycles. The topological polar surface area (TPSA) is 72.0 Å². The van der Waals surface area contributed by atoms with E-state index < -0.39 is 10.0 Å². The molecule has 0 amide bonds. The first-order valence-corrected chi connectivity index (χ1v) is 8.69. The Hall–Kier alpha value is -1.83. The van der Waals surface area contributed by atoms with Gasteiger partial charge in [-0.3, -0.25) is 4.98 Å². The zero-order chi connectivity index (χ0) is 14.7. The van der Waals surface area contributed by atoms with Crippen LogP contribution in [0.25, 0.3) is 10.2 Å². The fourth-order valence-electron chi connectivity index (χ4n) is 1.91. The van der Waals surface area contributed by atoms with E-state index in [0.717, 1.165) is 15.2 Å². The molecule has 0 spiro atoms. The van der Waals surface area contributed by atoms with Crippen molar-refractivity contribution in [3.8, 4) is 0 Å². The Morgan fingerprint density at radius 1 is 1.14 bits per heavy atom. The summed E-state index contributed by atoms with van der Waals surface area (Å²) in [6.45, 7) is 0.317. The third-order valence-electron chi connectivity index (χ3n) is 2.91. The fraction of sp³-hybridized carbons (Fsp3) is 0.143. The number of benzene rings is 1. The summed E-state index contributed by atoms with van der Waals surface area (Å²) in [7, 11) is -3.50. The largest absolute Gasteiger partial charge is 0.263 e. The van der Waals surface area contributed by atoms with E-state index in [1.54, 1.807) is 23.6 Å². The van der Waals surface area contributed by atoms with Gasteiger partial charge in [0.05, 0.1) is 15.2 Å². The summed E-state index contributed by atoms with van der Waals surface area (Å²) < 4.78 is 27.7. The molecule has 0 aliphatic carbocycles. The van der Waals surface area contributed by atoms with Crippen molar-refractivity contribution in [3.63, 3.8) is 0 Å². The van der Waals surface area contributed by atoms with Gasteiger partial charge in [0, 0.05) is 25.4 Å². The number of aromatic nitrogens is 2. The predicted octanol–water partition coefficient (Wildman–Crippen LogP) is 2.21. The smallest absolute Gasteiger partial charge is 0.242 e. The molecule has 0 unspecified atom stereocenters. The lowest BCUT2D eigenvalue weighted by Crippen LogP contribution is -2.26. The highest BCUT2D eigenvalue weighted by atomic mass is 32.2. The molecular weight excluding hydrogens is 306 g/mol. The number of hydrogen-bond donors (Lipinski definition) is 1. The second-order valence-electron chi connectivity index (χ2n) is 4.41. The van der Waals surface area contributed by atoms with Gasteiger partial charge in [-0.1, -0.05) is 12.1 Å². The van der Waals surface area contributed by atoms with Crippen LogP contribution in [0, 0.1) is 0 Å². The molecule has 0 bridgehead atoms. The molecule has 0 fully saturated rings. The third-order valence-corrected chi connectivity index (χ3v) is 5.46. The Balaban J connectivity index is 1.66. The molecule has 0 saturated carbocycles. The summed E-state index contributed by atoms with van der Waals surface area (Å²) in [6, 6.07) is 11.0. The first kappa shape index (κ1) is 14.1. The predicted molar refractivity (Wildman–Crippen MR) is 82.7 cm³/mol. The normalized spacial score (nSPS) is 11.8. The van der Waals surface area contributed by atoms with Crippen LogP contribution in [0.4, 0.5) is 0 Å². The van der Waals surface area contributed by atoms with Crippen LogP contribution in [0.2, 0.25) is 0 Å². The van der Waals surface area contributed by atoms with Crippen LogP contribution in [0.5, 0.6) is 0 Å². The molecule has 1 aromatic carbocycles. The number of para-hydroxylation sites is 1. The molecule has 2 aromatic heterocycles. The zero-order valence-electron chi connectivity index (χ0n) is 11.1. The molecule has 3 rings (SSSR count). The van der Waals surface area contributed by atoms with Crippen molar-refractivity contribution >= 4 is 31.6 Å². The SMILES string of the molecule is O=S(=O)(NCCc1nc2ccccc2s1)c1cccnc1. The quantitative estimate of drug-likeness (QED) is 0.782.